The largest absolute Gasteiger partial charge is 0.463 e. The van der Waals surface area contributed by atoms with Gasteiger partial charge in [0.2, 0.25) is 0 Å². The average molecular weight is 374 g/mol. The highest BCUT2D eigenvalue weighted by Crippen LogP contribution is 2.08. The summed E-state index contributed by atoms with van der Waals surface area (Å²) in [5.41, 5.74) is 1.75. The van der Waals surface area contributed by atoms with Crippen LogP contribution in [0.4, 0.5) is 0 Å². The fourth-order valence-corrected chi connectivity index (χ4v) is 2.20. The van der Waals surface area contributed by atoms with Gasteiger partial charge in [-0.05, 0) is 49.0 Å². The minimum atomic E-state index is -0.365. The van der Waals surface area contributed by atoms with E-state index in [2.05, 4.69) is 0 Å². The van der Waals surface area contributed by atoms with Crippen LogP contribution in [0.1, 0.15) is 56.6 Å². The summed E-state index contributed by atoms with van der Waals surface area (Å²) in [6.07, 6.45) is 11.6. The van der Waals surface area contributed by atoms with Gasteiger partial charge in [-0.3, -0.25) is 0 Å². The zero-order valence-electron chi connectivity index (χ0n) is 16.1. The van der Waals surface area contributed by atoms with Crippen molar-refractivity contribution in [2.75, 3.05) is 19.8 Å². The van der Waals surface area contributed by atoms with Crippen LogP contribution in [0.2, 0.25) is 0 Å². The minimum Gasteiger partial charge on any atom is -0.463 e. The van der Waals surface area contributed by atoms with Gasteiger partial charge in [-0.25, -0.2) is 9.59 Å². The van der Waals surface area contributed by atoms with E-state index in [1.165, 1.54) is 12.2 Å². The Morgan fingerprint density at radius 3 is 1.78 bits per heavy atom. The summed E-state index contributed by atoms with van der Waals surface area (Å²) in [6.45, 7) is 3.09. The van der Waals surface area contributed by atoms with Crippen LogP contribution in [0.25, 0.3) is 12.2 Å². The standard InChI is InChI=1S/C22H30O5/c1-2-3-17-26-21(24)14-12-19-8-10-20(11-9-19)13-15-22(25)27-18-7-5-4-6-16-23/h8-15,23H,2-7,16-18H2,1H3/b14-12+,15-13+. The first-order chi connectivity index (χ1) is 13.2. The molecule has 0 heterocycles. The number of carbonyl (C=O) groups is 2. The lowest BCUT2D eigenvalue weighted by molar-refractivity contribution is -0.138. The summed E-state index contributed by atoms with van der Waals surface area (Å²) in [4.78, 5) is 23.2. The summed E-state index contributed by atoms with van der Waals surface area (Å²) in [5.74, 6) is -0.706. The highest BCUT2D eigenvalue weighted by Gasteiger charge is 1.98. The van der Waals surface area contributed by atoms with Crippen LogP contribution in [0.5, 0.6) is 0 Å². The van der Waals surface area contributed by atoms with Gasteiger partial charge in [-0.15, -0.1) is 0 Å². The summed E-state index contributed by atoms with van der Waals surface area (Å²) in [7, 11) is 0. The average Bonchev–Trinajstić information content (AvgIpc) is 2.68. The van der Waals surface area contributed by atoms with E-state index in [9.17, 15) is 9.59 Å². The van der Waals surface area contributed by atoms with Crippen LogP contribution in [-0.2, 0) is 19.1 Å². The fourth-order valence-electron chi connectivity index (χ4n) is 2.20. The molecule has 0 saturated carbocycles. The fraction of sp³-hybridized carbons (Fsp3) is 0.455. The van der Waals surface area contributed by atoms with Crippen molar-refractivity contribution in [2.45, 2.75) is 45.4 Å². The van der Waals surface area contributed by atoms with E-state index in [0.29, 0.717) is 13.2 Å². The lowest BCUT2D eigenvalue weighted by Crippen LogP contribution is -2.02. The highest BCUT2D eigenvalue weighted by atomic mass is 16.5. The first kappa shape index (κ1) is 22.6. The number of aliphatic hydroxyl groups excluding tert-OH is 1. The van der Waals surface area contributed by atoms with Crippen LogP contribution in [0.15, 0.2) is 36.4 Å². The van der Waals surface area contributed by atoms with Gasteiger partial charge in [-0.1, -0.05) is 44.0 Å². The maximum atomic E-state index is 11.6. The molecule has 0 aliphatic rings. The molecule has 0 aliphatic heterocycles. The van der Waals surface area contributed by atoms with E-state index in [1.54, 1.807) is 12.2 Å². The van der Waals surface area contributed by atoms with Gasteiger partial charge in [-0.2, -0.15) is 0 Å². The third-order valence-corrected chi connectivity index (χ3v) is 3.80. The number of ether oxygens (including phenoxy) is 2. The lowest BCUT2D eigenvalue weighted by Gasteiger charge is -2.02. The smallest absolute Gasteiger partial charge is 0.330 e. The summed E-state index contributed by atoms with van der Waals surface area (Å²) in [5, 5.41) is 8.68. The maximum absolute atomic E-state index is 11.6. The molecule has 0 bridgehead atoms. The summed E-state index contributed by atoms with van der Waals surface area (Å²) in [6, 6.07) is 7.45. The molecule has 1 aromatic rings. The van der Waals surface area contributed by atoms with E-state index < -0.39 is 0 Å². The van der Waals surface area contributed by atoms with Crippen molar-refractivity contribution in [3.63, 3.8) is 0 Å². The van der Waals surface area contributed by atoms with Gasteiger partial charge >= 0.3 is 11.9 Å². The molecular weight excluding hydrogens is 344 g/mol. The van der Waals surface area contributed by atoms with Crippen LogP contribution in [-0.4, -0.2) is 36.9 Å². The quantitative estimate of drug-likeness (QED) is 0.319. The van der Waals surface area contributed by atoms with Gasteiger partial charge in [0.25, 0.3) is 0 Å². The molecule has 1 N–H and O–H groups in total. The molecule has 0 radical (unpaired) electrons. The van der Waals surface area contributed by atoms with Crippen molar-refractivity contribution in [3.8, 4) is 0 Å². The molecule has 0 amide bonds. The number of rotatable bonds is 13. The van der Waals surface area contributed by atoms with Gasteiger partial charge in [0.1, 0.15) is 0 Å². The topological polar surface area (TPSA) is 72.8 Å². The molecule has 1 rings (SSSR count). The van der Waals surface area contributed by atoms with Crippen molar-refractivity contribution < 1.29 is 24.2 Å². The first-order valence-electron chi connectivity index (χ1n) is 9.56. The second-order valence-corrected chi connectivity index (χ2v) is 6.16. The number of esters is 2. The molecule has 0 atom stereocenters. The van der Waals surface area contributed by atoms with E-state index in [0.717, 1.165) is 49.7 Å². The Hall–Kier alpha value is -2.40. The molecule has 0 unspecified atom stereocenters. The Kier molecular flexibility index (Phi) is 12.4. The Labute approximate surface area is 161 Å². The van der Waals surface area contributed by atoms with Crippen molar-refractivity contribution in [2.24, 2.45) is 0 Å². The van der Waals surface area contributed by atoms with Gasteiger partial charge in [0, 0.05) is 18.8 Å². The molecule has 0 aliphatic carbocycles. The van der Waals surface area contributed by atoms with Crippen molar-refractivity contribution in [1.29, 1.82) is 0 Å². The molecule has 0 spiro atoms. The zero-order chi connectivity index (χ0) is 19.7. The molecule has 27 heavy (non-hydrogen) atoms. The molecule has 148 valence electrons. The molecule has 5 nitrogen and oxygen atoms in total. The van der Waals surface area contributed by atoms with Gasteiger partial charge < -0.3 is 14.6 Å². The normalized spacial score (nSPS) is 11.2. The Balaban J connectivity index is 2.33. The Morgan fingerprint density at radius 1 is 0.815 bits per heavy atom. The molecule has 5 heteroatoms. The predicted octanol–water partition coefficient (Wildman–Crippen LogP) is 4.15. The first-order valence-corrected chi connectivity index (χ1v) is 9.56. The number of aliphatic hydroxyl groups is 1. The van der Waals surface area contributed by atoms with E-state index >= 15 is 0 Å². The lowest BCUT2D eigenvalue weighted by atomic mass is 10.1. The number of hydrogen-bond acceptors (Lipinski definition) is 5. The monoisotopic (exact) mass is 374 g/mol. The van der Waals surface area contributed by atoms with E-state index in [1.807, 2.05) is 31.2 Å². The third kappa shape index (κ3) is 11.8. The minimum absolute atomic E-state index is 0.208. The van der Waals surface area contributed by atoms with Crippen LogP contribution in [0, 0.1) is 0 Å². The van der Waals surface area contributed by atoms with E-state index in [4.69, 9.17) is 14.6 Å². The van der Waals surface area contributed by atoms with Crippen LogP contribution >= 0.6 is 0 Å². The molecule has 0 aromatic heterocycles. The Bertz CT molecular complexity index is 602. The van der Waals surface area contributed by atoms with Crippen molar-refractivity contribution >= 4 is 24.1 Å². The molecular formula is C22H30O5. The van der Waals surface area contributed by atoms with Crippen LogP contribution in [0.3, 0.4) is 0 Å². The second kappa shape index (κ2) is 14.7. The van der Waals surface area contributed by atoms with Crippen molar-refractivity contribution in [1.82, 2.24) is 0 Å². The number of carbonyl (C=O) groups excluding carboxylic acids is 2. The SMILES string of the molecule is CCCCOC(=O)/C=C/c1ccc(/C=C/C(=O)OCCCCCCO)cc1. The second-order valence-electron chi connectivity index (χ2n) is 6.16. The van der Waals surface area contributed by atoms with E-state index in [-0.39, 0.29) is 18.5 Å². The summed E-state index contributed by atoms with van der Waals surface area (Å²) >= 11 is 0. The van der Waals surface area contributed by atoms with Gasteiger partial charge in [0.15, 0.2) is 0 Å². The maximum Gasteiger partial charge on any atom is 0.330 e. The number of unbranched alkanes of at least 4 members (excludes halogenated alkanes) is 4. The van der Waals surface area contributed by atoms with Crippen LogP contribution < -0.4 is 0 Å². The molecule has 0 saturated heterocycles. The highest BCUT2D eigenvalue weighted by molar-refractivity contribution is 5.88. The third-order valence-electron chi connectivity index (χ3n) is 3.80. The molecule has 1 aromatic carbocycles. The zero-order valence-corrected chi connectivity index (χ0v) is 16.1. The summed E-state index contributed by atoms with van der Waals surface area (Å²) < 4.78 is 10.2. The van der Waals surface area contributed by atoms with Crippen molar-refractivity contribution in [3.05, 3.63) is 47.5 Å². The molecule has 0 fully saturated rings. The number of hydrogen-bond donors (Lipinski definition) is 1. The predicted molar refractivity (Wildman–Crippen MR) is 107 cm³/mol. The number of benzene rings is 1. The van der Waals surface area contributed by atoms with Gasteiger partial charge in [0.05, 0.1) is 13.2 Å². The Morgan fingerprint density at radius 2 is 1.30 bits per heavy atom.